The van der Waals surface area contributed by atoms with Gasteiger partial charge in [0.15, 0.2) is 0 Å². The van der Waals surface area contributed by atoms with Gasteiger partial charge in [-0.15, -0.1) is 0 Å². The molecule has 1 N–H and O–H groups in total. The van der Waals surface area contributed by atoms with E-state index in [1.54, 1.807) is 7.11 Å². The molecule has 0 aliphatic heterocycles. The molecule has 14 heavy (non-hydrogen) atoms. The Morgan fingerprint density at radius 2 is 1.93 bits per heavy atom. The first-order chi connectivity index (χ1) is 6.58. The smallest absolute Gasteiger partial charge is 0.125 e. The Labute approximate surface area is 84.5 Å². The fourth-order valence-electron chi connectivity index (χ4n) is 2.03. The Bertz CT molecular complexity index is 365. The van der Waals surface area contributed by atoms with Crippen LogP contribution in [0.1, 0.15) is 29.5 Å². The molecular formula is C12H16O2. The van der Waals surface area contributed by atoms with Gasteiger partial charge in [0.1, 0.15) is 5.75 Å². The van der Waals surface area contributed by atoms with Crippen molar-refractivity contribution in [2.45, 2.75) is 32.3 Å². The standard InChI is InChI=1S/C12H16O2/c1-8-4-5-10(12(13)6-7-12)9(2)11(8)14-3/h4-5,13H,6-7H2,1-3H3. The van der Waals surface area contributed by atoms with Gasteiger partial charge < -0.3 is 9.84 Å². The number of benzene rings is 1. The summed E-state index contributed by atoms with van der Waals surface area (Å²) in [6.45, 7) is 4.03. The van der Waals surface area contributed by atoms with Crippen molar-refractivity contribution in [3.8, 4) is 5.75 Å². The van der Waals surface area contributed by atoms with Crippen LogP contribution in [0.5, 0.6) is 5.75 Å². The number of ether oxygens (including phenoxy) is 1. The molecule has 1 aliphatic rings. The molecule has 0 aromatic heterocycles. The molecule has 0 unspecified atom stereocenters. The normalized spacial score (nSPS) is 18.0. The molecule has 0 radical (unpaired) electrons. The number of rotatable bonds is 2. The maximum Gasteiger partial charge on any atom is 0.125 e. The number of methoxy groups -OCH3 is 1. The van der Waals surface area contributed by atoms with Gasteiger partial charge in [0, 0.05) is 0 Å². The Balaban J connectivity index is 2.53. The van der Waals surface area contributed by atoms with Crippen molar-refractivity contribution in [3.05, 3.63) is 28.8 Å². The summed E-state index contributed by atoms with van der Waals surface area (Å²) in [5, 5.41) is 10.0. The van der Waals surface area contributed by atoms with E-state index in [-0.39, 0.29) is 0 Å². The molecule has 1 fully saturated rings. The van der Waals surface area contributed by atoms with Gasteiger partial charge in [-0.1, -0.05) is 12.1 Å². The van der Waals surface area contributed by atoms with Crippen LogP contribution in [0.2, 0.25) is 0 Å². The minimum Gasteiger partial charge on any atom is -0.496 e. The van der Waals surface area contributed by atoms with Crippen molar-refractivity contribution >= 4 is 0 Å². The minimum atomic E-state index is -0.564. The van der Waals surface area contributed by atoms with E-state index in [9.17, 15) is 5.11 Å². The third-order valence-corrected chi connectivity index (χ3v) is 3.03. The Kier molecular flexibility index (Phi) is 2.04. The van der Waals surface area contributed by atoms with Crippen LogP contribution in [0, 0.1) is 13.8 Å². The lowest BCUT2D eigenvalue weighted by Gasteiger charge is -2.16. The fraction of sp³-hybridized carbons (Fsp3) is 0.500. The first-order valence-electron chi connectivity index (χ1n) is 4.95. The summed E-state index contributed by atoms with van der Waals surface area (Å²) in [7, 11) is 1.68. The van der Waals surface area contributed by atoms with Crippen molar-refractivity contribution in [2.75, 3.05) is 7.11 Å². The van der Waals surface area contributed by atoms with Crippen LogP contribution in [0.25, 0.3) is 0 Å². The Morgan fingerprint density at radius 3 is 2.43 bits per heavy atom. The second kappa shape index (κ2) is 2.99. The Hall–Kier alpha value is -1.02. The lowest BCUT2D eigenvalue weighted by molar-refractivity contribution is 0.150. The predicted molar refractivity (Wildman–Crippen MR) is 55.6 cm³/mol. The molecule has 2 rings (SSSR count). The first-order valence-corrected chi connectivity index (χ1v) is 4.95. The van der Waals surface area contributed by atoms with E-state index in [4.69, 9.17) is 4.74 Å². The van der Waals surface area contributed by atoms with Crippen LogP contribution in [-0.4, -0.2) is 12.2 Å². The summed E-state index contributed by atoms with van der Waals surface area (Å²) in [4.78, 5) is 0. The molecule has 0 spiro atoms. The van der Waals surface area contributed by atoms with E-state index in [2.05, 4.69) is 0 Å². The zero-order chi connectivity index (χ0) is 10.3. The van der Waals surface area contributed by atoms with E-state index in [0.717, 1.165) is 35.3 Å². The molecule has 1 aromatic carbocycles. The van der Waals surface area contributed by atoms with Gasteiger partial charge in [0.2, 0.25) is 0 Å². The third kappa shape index (κ3) is 1.30. The highest BCUT2D eigenvalue weighted by molar-refractivity contribution is 5.48. The van der Waals surface area contributed by atoms with Crippen molar-refractivity contribution in [2.24, 2.45) is 0 Å². The van der Waals surface area contributed by atoms with Crippen molar-refractivity contribution in [3.63, 3.8) is 0 Å². The number of hydrogen-bond acceptors (Lipinski definition) is 2. The zero-order valence-electron chi connectivity index (χ0n) is 8.92. The van der Waals surface area contributed by atoms with Crippen LogP contribution in [0.3, 0.4) is 0 Å². The van der Waals surface area contributed by atoms with E-state index >= 15 is 0 Å². The number of aliphatic hydroxyl groups is 1. The first kappa shape index (κ1) is 9.53. The highest BCUT2D eigenvalue weighted by Gasteiger charge is 2.43. The van der Waals surface area contributed by atoms with Crippen molar-refractivity contribution < 1.29 is 9.84 Å². The van der Waals surface area contributed by atoms with E-state index in [1.807, 2.05) is 26.0 Å². The van der Waals surface area contributed by atoms with Gasteiger partial charge in [0.25, 0.3) is 0 Å². The molecule has 1 aliphatic carbocycles. The van der Waals surface area contributed by atoms with Gasteiger partial charge in [-0.3, -0.25) is 0 Å². The van der Waals surface area contributed by atoms with Crippen LogP contribution in [-0.2, 0) is 5.60 Å². The highest BCUT2D eigenvalue weighted by atomic mass is 16.5. The predicted octanol–water partition coefficient (Wildman–Crippen LogP) is 2.29. The second-order valence-electron chi connectivity index (χ2n) is 4.12. The van der Waals surface area contributed by atoms with E-state index in [1.165, 1.54) is 0 Å². The topological polar surface area (TPSA) is 29.5 Å². The molecule has 2 nitrogen and oxygen atoms in total. The van der Waals surface area contributed by atoms with Crippen LogP contribution in [0.4, 0.5) is 0 Å². The van der Waals surface area contributed by atoms with Gasteiger partial charge in [-0.2, -0.15) is 0 Å². The molecule has 1 aromatic rings. The summed E-state index contributed by atoms with van der Waals surface area (Å²) in [6.07, 6.45) is 1.75. The van der Waals surface area contributed by atoms with Gasteiger partial charge in [-0.25, -0.2) is 0 Å². The SMILES string of the molecule is COc1c(C)ccc(C2(O)CC2)c1C. The Morgan fingerprint density at radius 1 is 1.29 bits per heavy atom. The summed E-state index contributed by atoms with van der Waals surface area (Å²) < 4.78 is 5.33. The van der Waals surface area contributed by atoms with Gasteiger partial charge >= 0.3 is 0 Å². The molecule has 76 valence electrons. The average molecular weight is 192 g/mol. The maximum atomic E-state index is 10.0. The molecular weight excluding hydrogens is 176 g/mol. The second-order valence-corrected chi connectivity index (χ2v) is 4.12. The van der Waals surface area contributed by atoms with Crippen LogP contribution < -0.4 is 4.74 Å². The number of hydrogen-bond donors (Lipinski definition) is 1. The average Bonchev–Trinajstić information content (AvgIpc) is 2.85. The van der Waals surface area contributed by atoms with Gasteiger partial charge in [0.05, 0.1) is 12.7 Å². The summed E-state index contributed by atoms with van der Waals surface area (Å²) in [6, 6.07) is 4.03. The molecule has 0 saturated heterocycles. The molecule has 1 saturated carbocycles. The zero-order valence-corrected chi connectivity index (χ0v) is 8.92. The molecule has 2 heteroatoms. The van der Waals surface area contributed by atoms with E-state index in [0.29, 0.717) is 0 Å². The van der Waals surface area contributed by atoms with Gasteiger partial charge in [-0.05, 0) is 43.4 Å². The highest BCUT2D eigenvalue weighted by Crippen LogP contribution is 2.48. The molecule has 0 bridgehead atoms. The fourth-order valence-corrected chi connectivity index (χ4v) is 2.03. The third-order valence-electron chi connectivity index (χ3n) is 3.03. The summed E-state index contributed by atoms with van der Waals surface area (Å²) in [5.74, 6) is 0.905. The summed E-state index contributed by atoms with van der Waals surface area (Å²) in [5.41, 5.74) is 2.66. The minimum absolute atomic E-state index is 0.564. The molecule has 0 amide bonds. The molecule has 0 heterocycles. The lowest BCUT2D eigenvalue weighted by Crippen LogP contribution is -2.08. The van der Waals surface area contributed by atoms with Crippen LogP contribution >= 0.6 is 0 Å². The lowest BCUT2D eigenvalue weighted by atomic mass is 9.98. The van der Waals surface area contributed by atoms with Crippen molar-refractivity contribution in [1.29, 1.82) is 0 Å². The molecule has 0 atom stereocenters. The van der Waals surface area contributed by atoms with E-state index < -0.39 is 5.60 Å². The van der Waals surface area contributed by atoms with Crippen LogP contribution in [0.15, 0.2) is 12.1 Å². The largest absolute Gasteiger partial charge is 0.496 e. The monoisotopic (exact) mass is 192 g/mol. The van der Waals surface area contributed by atoms with Crippen molar-refractivity contribution in [1.82, 2.24) is 0 Å². The maximum absolute atomic E-state index is 10.0. The number of aryl methyl sites for hydroxylation is 1. The quantitative estimate of drug-likeness (QED) is 0.779. The summed E-state index contributed by atoms with van der Waals surface area (Å²) >= 11 is 0.